The molecule has 0 fully saturated rings. The van der Waals surface area contributed by atoms with Crippen LogP contribution in [0.25, 0.3) is 11.0 Å². The van der Waals surface area contributed by atoms with Gasteiger partial charge in [0.1, 0.15) is 5.82 Å². The average Bonchev–Trinajstić information content (AvgIpc) is 2.43. The minimum absolute atomic E-state index is 0.136. The van der Waals surface area contributed by atoms with Crippen LogP contribution in [0.2, 0.25) is 5.02 Å². The second kappa shape index (κ2) is 5.18. The van der Waals surface area contributed by atoms with Crippen LogP contribution in [-0.2, 0) is 6.42 Å². The molecule has 106 valence electrons. The molecule has 0 aliphatic heterocycles. The standard InChI is InChI=1S/C15H14ClN5/c1-8-10(6-9-2-4-11(16)5-3-9)7-19-14-12(8)13(17)20-15(18)21-14/h2-5,7H,6H2,1H3,(H4,17,18,19,20,21). The predicted octanol–water partition coefficient (Wildman–Crippen LogP) is 2.74. The molecule has 0 unspecified atom stereocenters. The largest absolute Gasteiger partial charge is 0.383 e. The van der Waals surface area contributed by atoms with Crippen molar-refractivity contribution < 1.29 is 0 Å². The minimum atomic E-state index is 0.136. The molecule has 0 saturated heterocycles. The fraction of sp³-hybridized carbons (Fsp3) is 0.133. The number of rotatable bonds is 2. The highest BCUT2D eigenvalue weighted by atomic mass is 35.5. The highest BCUT2D eigenvalue weighted by Crippen LogP contribution is 2.25. The molecule has 5 nitrogen and oxygen atoms in total. The first-order valence-electron chi connectivity index (χ1n) is 6.46. The molecular formula is C15H14ClN5. The van der Waals surface area contributed by atoms with Gasteiger partial charge in [0.2, 0.25) is 5.95 Å². The molecule has 21 heavy (non-hydrogen) atoms. The zero-order valence-corrected chi connectivity index (χ0v) is 12.2. The highest BCUT2D eigenvalue weighted by molar-refractivity contribution is 6.30. The first kappa shape index (κ1) is 13.6. The van der Waals surface area contributed by atoms with Crippen LogP contribution in [0.3, 0.4) is 0 Å². The summed E-state index contributed by atoms with van der Waals surface area (Å²) in [5, 5.41) is 1.48. The Labute approximate surface area is 127 Å². The van der Waals surface area contributed by atoms with Crippen molar-refractivity contribution >= 4 is 34.4 Å². The zero-order valence-electron chi connectivity index (χ0n) is 11.5. The quantitative estimate of drug-likeness (QED) is 0.759. The smallest absolute Gasteiger partial charge is 0.224 e. The van der Waals surface area contributed by atoms with Crippen molar-refractivity contribution in [2.24, 2.45) is 0 Å². The lowest BCUT2D eigenvalue weighted by atomic mass is 10.0. The van der Waals surface area contributed by atoms with Gasteiger partial charge in [-0.1, -0.05) is 23.7 Å². The summed E-state index contributed by atoms with van der Waals surface area (Å²) < 4.78 is 0. The van der Waals surface area contributed by atoms with Crippen LogP contribution in [0.1, 0.15) is 16.7 Å². The van der Waals surface area contributed by atoms with E-state index in [-0.39, 0.29) is 5.95 Å². The van der Waals surface area contributed by atoms with Crippen molar-refractivity contribution in [2.45, 2.75) is 13.3 Å². The molecule has 2 aromatic heterocycles. The molecule has 0 spiro atoms. The number of fused-ring (bicyclic) bond motifs is 1. The van der Waals surface area contributed by atoms with E-state index < -0.39 is 0 Å². The molecule has 4 N–H and O–H groups in total. The molecule has 0 atom stereocenters. The summed E-state index contributed by atoms with van der Waals surface area (Å²) in [6.07, 6.45) is 2.55. The van der Waals surface area contributed by atoms with Crippen molar-refractivity contribution in [2.75, 3.05) is 11.5 Å². The van der Waals surface area contributed by atoms with Crippen molar-refractivity contribution in [3.63, 3.8) is 0 Å². The lowest BCUT2D eigenvalue weighted by molar-refractivity contribution is 1.11. The van der Waals surface area contributed by atoms with E-state index in [2.05, 4.69) is 15.0 Å². The maximum absolute atomic E-state index is 5.95. The Morgan fingerprint density at radius 2 is 1.81 bits per heavy atom. The zero-order chi connectivity index (χ0) is 15.0. The van der Waals surface area contributed by atoms with E-state index in [9.17, 15) is 0 Å². The average molecular weight is 300 g/mol. The number of hydrogen-bond acceptors (Lipinski definition) is 5. The molecule has 0 aliphatic rings. The normalized spacial score (nSPS) is 11.0. The van der Waals surface area contributed by atoms with Crippen LogP contribution in [0.4, 0.5) is 11.8 Å². The number of aryl methyl sites for hydroxylation is 1. The van der Waals surface area contributed by atoms with Crippen molar-refractivity contribution in [3.05, 3.63) is 52.2 Å². The topological polar surface area (TPSA) is 90.7 Å². The number of nitrogen functional groups attached to an aromatic ring is 2. The maximum Gasteiger partial charge on any atom is 0.224 e. The summed E-state index contributed by atoms with van der Waals surface area (Å²) in [5.74, 6) is 0.498. The maximum atomic E-state index is 5.95. The van der Waals surface area contributed by atoms with Gasteiger partial charge < -0.3 is 11.5 Å². The van der Waals surface area contributed by atoms with E-state index >= 15 is 0 Å². The van der Waals surface area contributed by atoms with E-state index in [0.717, 1.165) is 33.5 Å². The minimum Gasteiger partial charge on any atom is -0.383 e. The molecule has 0 amide bonds. The number of pyridine rings is 1. The first-order valence-corrected chi connectivity index (χ1v) is 6.84. The van der Waals surface area contributed by atoms with E-state index in [1.54, 1.807) is 6.20 Å². The van der Waals surface area contributed by atoms with Crippen LogP contribution >= 0.6 is 11.6 Å². The van der Waals surface area contributed by atoms with Crippen LogP contribution in [0.15, 0.2) is 30.5 Å². The molecule has 2 heterocycles. The highest BCUT2D eigenvalue weighted by Gasteiger charge is 2.11. The third-order valence-corrected chi connectivity index (χ3v) is 3.69. The summed E-state index contributed by atoms with van der Waals surface area (Å²) in [6.45, 7) is 1.99. The summed E-state index contributed by atoms with van der Waals surface area (Å²) in [5.41, 5.74) is 15.3. The predicted molar refractivity (Wildman–Crippen MR) is 85.2 cm³/mol. The number of nitrogens with two attached hydrogens (primary N) is 2. The van der Waals surface area contributed by atoms with Gasteiger partial charge in [-0.3, -0.25) is 0 Å². The summed E-state index contributed by atoms with van der Waals surface area (Å²) >= 11 is 5.90. The Morgan fingerprint density at radius 1 is 1.10 bits per heavy atom. The fourth-order valence-electron chi connectivity index (χ4n) is 2.33. The number of halogens is 1. The molecule has 0 radical (unpaired) electrons. The van der Waals surface area contributed by atoms with Gasteiger partial charge in [0.15, 0.2) is 5.65 Å². The second-order valence-electron chi connectivity index (χ2n) is 4.88. The number of benzene rings is 1. The van der Waals surface area contributed by atoms with Gasteiger partial charge in [-0.25, -0.2) is 4.98 Å². The molecule has 6 heteroatoms. The summed E-state index contributed by atoms with van der Waals surface area (Å²) in [7, 11) is 0. The van der Waals surface area contributed by atoms with Crippen LogP contribution < -0.4 is 11.5 Å². The van der Waals surface area contributed by atoms with Gasteiger partial charge >= 0.3 is 0 Å². The van der Waals surface area contributed by atoms with Crippen molar-refractivity contribution in [1.82, 2.24) is 15.0 Å². The fourth-order valence-corrected chi connectivity index (χ4v) is 2.46. The van der Waals surface area contributed by atoms with E-state index in [4.69, 9.17) is 23.1 Å². The molecule has 3 aromatic rings. The summed E-state index contributed by atoms with van der Waals surface area (Å²) in [4.78, 5) is 12.5. The lowest BCUT2D eigenvalue weighted by Crippen LogP contribution is -2.04. The Balaban J connectivity index is 2.07. The Kier molecular flexibility index (Phi) is 3.35. The van der Waals surface area contributed by atoms with Gasteiger partial charge in [-0.05, 0) is 42.2 Å². The summed E-state index contributed by atoms with van der Waals surface area (Å²) in [6, 6.07) is 7.74. The molecule has 0 saturated carbocycles. The second-order valence-corrected chi connectivity index (χ2v) is 5.31. The molecule has 0 bridgehead atoms. The molecular weight excluding hydrogens is 286 g/mol. The first-order chi connectivity index (χ1) is 10.0. The van der Waals surface area contributed by atoms with Crippen molar-refractivity contribution in [3.8, 4) is 0 Å². The van der Waals surface area contributed by atoms with Gasteiger partial charge in [0, 0.05) is 11.2 Å². The number of nitrogens with zero attached hydrogens (tertiary/aromatic N) is 3. The molecule has 1 aromatic carbocycles. The van der Waals surface area contributed by atoms with Crippen molar-refractivity contribution in [1.29, 1.82) is 0 Å². The van der Waals surface area contributed by atoms with Gasteiger partial charge in [-0.2, -0.15) is 9.97 Å². The molecule has 3 rings (SSSR count). The lowest BCUT2D eigenvalue weighted by Gasteiger charge is -2.10. The Bertz CT molecular complexity index is 814. The number of hydrogen-bond donors (Lipinski definition) is 2. The van der Waals surface area contributed by atoms with E-state index in [0.29, 0.717) is 11.5 Å². The third kappa shape index (κ3) is 2.60. The Morgan fingerprint density at radius 3 is 2.52 bits per heavy atom. The monoisotopic (exact) mass is 299 g/mol. The van der Waals surface area contributed by atoms with Gasteiger partial charge in [-0.15, -0.1) is 0 Å². The van der Waals surface area contributed by atoms with Crippen LogP contribution in [0.5, 0.6) is 0 Å². The number of aromatic nitrogens is 3. The molecule has 0 aliphatic carbocycles. The Hall–Kier alpha value is -2.40. The van der Waals surface area contributed by atoms with E-state index in [1.165, 1.54) is 0 Å². The van der Waals surface area contributed by atoms with Gasteiger partial charge in [0.05, 0.1) is 5.39 Å². The van der Waals surface area contributed by atoms with Crippen LogP contribution in [-0.4, -0.2) is 15.0 Å². The number of anilines is 2. The third-order valence-electron chi connectivity index (χ3n) is 3.44. The van der Waals surface area contributed by atoms with Crippen LogP contribution in [0, 0.1) is 6.92 Å². The SMILES string of the molecule is Cc1c(Cc2ccc(Cl)cc2)cnc2nc(N)nc(N)c12. The van der Waals surface area contributed by atoms with Gasteiger partial charge in [0.25, 0.3) is 0 Å². The van der Waals surface area contributed by atoms with E-state index in [1.807, 2.05) is 31.2 Å².